The minimum atomic E-state index is 0.775. The summed E-state index contributed by atoms with van der Waals surface area (Å²) in [5.41, 5.74) is 1.52. The molecule has 1 aromatic carbocycles. The van der Waals surface area contributed by atoms with Gasteiger partial charge < -0.3 is 4.74 Å². The van der Waals surface area contributed by atoms with Crippen molar-refractivity contribution in [2.75, 3.05) is 7.11 Å². The minimum absolute atomic E-state index is 0.775. The lowest BCUT2D eigenvalue weighted by Gasteiger charge is -2.36. The topological polar surface area (TPSA) is 9.23 Å². The molecule has 152 valence electrons. The zero-order chi connectivity index (χ0) is 19.1. The van der Waals surface area contributed by atoms with Crippen LogP contribution in [0.25, 0.3) is 0 Å². The third-order valence-electron chi connectivity index (χ3n) is 7.80. The van der Waals surface area contributed by atoms with Crippen LogP contribution in [-0.2, 0) is 0 Å². The molecule has 0 aromatic heterocycles. The first-order chi connectivity index (χ1) is 13.2. The fourth-order valence-electron chi connectivity index (χ4n) is 5.86. The first kappa shape index (κ1) is 20.7. The molecule has 0 heterocycles. The third kappa shape index (κ3) is 6.00. The van der Waals surface area contributed by atoms with Gasteiger partial charge in [0.25, 0.3) is 0 Å². The highest BCUT2D eigenvalue weighted by molar-refractivity contribution is 5.29. The number of benzene rings is 1. The summed E-state index contributed by atoms with van der Waals surface area (Å²) in [6.07, 6.45) is 17.5. The van der Waals surface area contributed by atoms with Crippen molar-refractivity contribution in [2.24, 2.45) is 23.7 Å². The van der Waals surface area contributed by atoms with Crippen molar-refractivity contribution in [1.29, 1.82) is 0 Å². The maximum Gasteiger partial charge on any atom is 0.118 e. The lowest BCUT2D eigenvalue weighted by Crippen LogP contribution is -2.23. The number of unbranched alkanes of at least 4 members (excludes halogenated alkanes) is 1. The Hall–Kier alpha value is -0.980. The second kappa shape index (κ2) is 10.5. The van der Waals surface area contributed by atoms with Crippen molar-refractivity contribution in [3.05, 3.63) is 29.8 Å². The maximum atomic E-state index is 5.30. The Labute approximate surface area is 168 Å². The molecule has 27 heavy (non-hydrogen) atoms. The molecule has 1 aromatic rings. The Morgan fingerprint density at radius 1 is 0.889 bits per heavy atom. The molecule has 1 unspecified atom stereocenters. The van der Waals surface area contributed by atoms with Crippen LogP contribution in [0.3, 0.4) is 0 Å². The first-order valence-electron chi connectivity index (χ1n) is 11.8. The second-order valence-corrected chi connectivity index (χ2v) is 9.63. The highest BCUT2D eigenvalue weighted by atomic mass is 16.5. The fourth-order valence-corrected chi connectivity index (χ4v) is 5.86. The van der Waals surface area contributed by atoms with Gasteiger partial charge in [0.1, 0.15) is 5.75 Å². The standard InChI is InChI=1S/C26H42O/c1-4-5-6-21-7-11-23(12-8-21)20(2)19-22-9-13-24(14-10-22)25-15-17-26(27-3)18-16-25/h15-18,20-24H,4-14,19H2,1-3H3. The van der Waals surface area contributed by atoms with Crippen LogP contribution in [0.15, 0.2) is 24.3 Å². The van der Waals surface area contributed by atoms with Crippen molar-refractivity contribution in [3.8, 4) is 5.75 Å². The van der Waals surface area contributed by atoms with Gasteiger partial charge in [-0.25, -0.2) is 0 Å². The molecule has 0 saturated heterocycles. The molecule has 1 heteroatoms. The quantitative estimate of drug-likeness (QED) is 0.450. The van der Waals surface area contributed by atoms with E-state index in [1.807, 2.05) is 0 Å². The van der Waals surface area contributed by atoms with Gasteiger partial charge in [0.05, 0.1) is 7.11 Å². The molecule has 2 fully saturated rings. The van der Waals surface area contributed by atoms with E-state index in [0.717, 1.165) is 35.3 Å². The Morgan fingerprint density at radius 3 is 2.11 bits per heavy atom. The number of hydrogen-bond acceptors (Lipinski definition) is 1. The lowest BCUT2D eigenvalue weighted by atomic mass is 9.70. The van der Waals surface area contributed by atoms with Crippen LogP contribution in [-0.4, -0.2) is 7.11 Å². The van der Waals surface area contributed by atoms with Crippen molar-refractivity contribution in [3.63, 3.8) is 0 Å². The molecule has 0 bridgehead atoms. The molecule has 1 nitrogen and oxygen atoms in total. The van der Waals surface area contributed by atoms with Gasteiger partial charge in [-0.1, -0.05) is 58.1 Å². The maximum absolute atomic E-state index is 5.30. The highest BCUT2D eigenvalue weighted by Crippen LogP contribution is 2.42. The summed E-state index contributed by atoms with van der Waals surface area (Å²) in [7, 11) is 1.75. The summed E-state index contributed by atoms with van der Waals surface area (Å²) in [4.78, 5) is 0. The molecule has 3 rings (SSSR count). The van der Waals surface area contributed by atoms with E-state index in [1.54, 1.807) is 7.11 Å². The number of rotatable bonds is 8. The second-order valence-electron chi connectivity index (χ2n) is 9.63. The molecule has 0 aliphatic heterocycles. The van der Waals surface area contributed by atoms with Crippen LogP contribution in [0.5, 0.6) is 5.75 Å². The fraction of sp³-hybridized carbons (Fsp3) is 0.769. The lowest BCUT2D eigenvalue weighted by molar-refractivity contribution is 0.169. The number of hydrogen-bond donors (Lipinski definition) is 0. The summed E-state index contributed by atoms with van der Waals surface area (Å²) >= 11 is 0. The monoisotopic (exact) mass is 370 g/mol. The van der Waals surface area contributed by atoms with Gasteiger partial charge in [0, 0.05) is 0 Å². The van der Waals surface area contributed by atoms with E-state index in [4.69, 9.17) is 4.74 Å². The largest absolute Gasteiger partial charge is 0.497 e. The molecule has 2 saturated carbocycles. The Kier molecular flexibility index (Phi) is 8.09. The molecule has 0 N–H and O–H groups in total. The van der Waals surface area contributed by atoms with E-state index in [9.17, 15) is 0 Å². The first-order valence-corrected chi connectivity index (χ1v) is 11.8. The molecule has 0 spiro atoms. The zero-order valence-corrected chi connectivity index (χ0v) is 18.1. The smallest absolute Gasteiger partial charge is 0.118 e. The molecule has 1 atom stereocenters. The number of ether oxygens (including phenoxy) is 1. The minimum Gasteiger partial charge on any atom is -0.497 e. The van der Waals surface area contributed by atoms with E-state index in [1.165, 1.54) is 82.6 Å². The summed E-state index contributed by atoms with van der Waals surface area (Å²) in [5.74, 6) is 5.74. The van der Waals surface area contributed by atoms with Gasteiger partial charge in [-0.05, 0) is 92.2 Å². The molecule has 0 radical (unpaired) electrons. The predicted octanol–water partition coefficient (Wildman–Crippen LogP) is 7.99. The molecular weight excluding hydrogens is 328 g/mol. The van der Waals surface area contributed by atoms with Gasteiger partial charge >= 0.3 is 0 Å². The zero-order valence-electron chi connectivity index (χ0n) is 18.1. The third-order valence-corrected chi connectivity index (χ3v) is 7.80. The Bertz CT molecular complexity index is 518. The van der Waals surface area contributed by atoms with Crippen molar-refractivity contribution < 1.29 is 4.74 Å². The van der Waals surface area contributed by atoms with E-state index < -0.39 is 0 Å². The average molecular weight is 371 g/mol. The SMILES string of the molecule is CCCCC1CCC(C(C)CC2CCC(c3ccc(OC)cc3)CC2)CC1. The highest BCUT2D eigenvalue weighted by Gasteiger charge is 2.29. The van der Waals surface area contributed by atoms with Crippen LogP contribution in [0, 0.1) is 23.7 Å². The number of methoxy groups -OCH3 is 1. The van der Waals surface area contributed by atoms with Crippen LogP contribution < -0.4 is 4.74 Å². The summed E-state index contributed by atoms with van der Waals surface area (Å²) in [6.45, 7) is 4.89. The Morgan fingerprint density at radius 2 is 1.52 bits per heavy atom. The summed E-state index contributed by atoms with van der Waals surface area (Å²) < 4.78 is 5.30. The molecule has 2 aliphatic rings. The average Bonchev–Trinajstić information content (AvgIpc) is 2.73. The Balaban J connectivity index is 1.38. The normalized spacial score (nSPS) is 30.0. The summed E-state index contributed by atoms with van der Waals surface area (Å²) in [5, 5.41) is 0. The van der Waals surface area contributed by atoms with E-state index in [2.05, 4.69) is 38.1 Å². The van der Waals surface area contributed by atoms with Crippen molar-refractivity contribution in [2.45, 2.75) is 96.8 Å². The predicted molar refractivity (Wildman–Crippen MR) is 116 cm³/mol. The van der Waals surface area contributed by atoms with Crippen LogP contribution in [0.4, 0.5) is 0 Å². The van der Waals surface area contributed by atoms with Crippen LogP contribution >= 0.6 is 0 Å². The summed E-state index contributed by atoms with van der Waals surface area (Å²) in [6, 6.07) is 8.81. The van der Waals surface area contributed by atoms with Gasteiger partial charge in [0.2, 0.25) is 0 Å². The molecule has 2 aliphatic carbocycles. The van der Waals surface area contributed by atoms with Crippen LogP contribution in [0.1, 0.15) is 102 Å². The van der Waals surface area contributed by atoms with E-state index in [0.29, 0.717) is 0 Å². The van der Waals surface area contributed by atoms with E-state index >= 15 is 0 Å². The molecular formula is C26H42O. The van der Waals surface area contributed by atoms with Crippen molar-refractivity contribution in [1.82, 2.24) is 0 Å². The molecule has 0 amide bonds. The van der Waals surface area contributed by atoms with Gasteiger partial charge in [0.15, 0.2) is 0 Å². The van der Waals surface area contributed by atoms with Crippen LogP contribution in [0.2, 0.25) is 0 Å². The van der Waals surface area contributed by atoms with Crippen molar-refractivity contribution >= 4 is 0 Å². The van der Waals surface area contributed by atoms with Gasteiger partial charge in [-0.2, -0.15) is 0 Å². The van der Waals surface area contributed by atoms with Gasteiger partial charge in [-0.15, -0.1) is 0 Å². The van der Waals surface area contributed by atoms with E-state index in [-0.39, 0.29) is 0 Å². The van der Waals surface area contributed by atoms with Gasteiger partial charge in [-0.3, -0.25) is 0 Å².